The summed E-state index contributed by atoms with van der Waals surface area (Å²) >= 11 is 5.82. The van der Waals surface area contributed by atoms with Crippen molar-refractivity contribution >= 4 is 33.4 Å². The molecule has 6 nitrogen and oxygen atoms in total. The maximum atomic E-state index is 12.9. The second-order valence-electron chi connectivity index (χ2n) is 6.62. The summed E-state index contributed by atoms with van der Waals surface area (Å²) in [7, 11) is -3.86. The fourth-order valence-electron chi connectivity index (χ4n) is 3.06. The molecule has 2 aromatic rings. The van der Waals surface area contributed by atoms with Gasteiger partial charge in [0.05, 0.1) is 4.90 Å². The largest absolute Gasteiger partial charge is 0.456 e. The van der Waals surface area contributed by atoms with Gasteiger partial charge in [-0.3, -0.25) is 9.59 Å². The molecule has 28 heavy (non-hydrogen) atoms. The van der Waals surface area contributed by atoms with Crippen molar-refractivity contribution in [3.05, 3.63) is 64.7 Å². The number of ketones is 1. The molecule has 3 rings (SSSR count). The van der Waals surface area contributed by atoms with Gasteiger partial charge in [-0.05, 0) is 44.0 Å². The molecule has 1 saturated heterocycles. The van der Waals surface area contributed by atoms with E-state index in [1.165, 1.54) is 24.3 Å². The van der Waals surface area contributed by atoms with Gasteiger partial charge in [-0.15, -0.1) is 0 Å². The third kappa shape index (κ3) is 4.43. The van der Waals surface area contributed by atoms with Crippen LogP contribution in [0.2, 0.25) is 5.02 Å². The molecule has 0 bridgehead atoms. The van der Waals surface area contributed by atoms with Gasteiger partial charge in [0.15, 0.2) is 12.4 Å². The second-order valence-corrected chi connectivity index (χ2v) is 8.95. The molecule has 0 unspecified atom stereocenters. The van der Waals surface area contributed by atoms with Gasteiger partial charge in [-0.2, -0.15) is 4.31 Å². The van der Waals surface area contributed by atoms with E-state index in [0.717, 1.165) is 9.87 Å². The number of aryl methyl sites for hydroxylation is 1. The van der Waals surface area contributed by atoms with Crippen LogP contribution in [-0.2, 0) is 19.6 Å². The van der Waals surface area contributed by atoms with Crippen molar-refractivity contribution in [1.29, 1.82) is 0 Å². The Morgan fingerprint density at radius 2 is 1.75 bits per heavy atom. The molecule has 0 spiro atoms. The zero-order valence-electron chi connectivity index (χ0n) is 15.3. The number of benzene rings is 2. The topological polar surface area (TPSA) is 80.8 Å². The number of carbonyl (C=O) groups is 2. The van der Waals surface area contributed by atoms with Crippen LogP contribution in [0.1, 0.15) is 28.8 Å². The van der Waals surface area contributed by atoms with Crippen LogP contribution in [0.3, 0.4) is 0 Å². The fourth-order valence-corrected chi connectivity index (χ4v) is 4.83. The summed E-state index contributed by atoms with van der Waals surface area (Å²) in [6, 6.07) is 11.8. The summed E-state index contributed by atoms with van der Waals surface area (Å²) in [6.07, 6.45) is 0.892. The molecule has 0 radical (unpaired) electrons. The maximum absolute atomic E-state index is 12.9. The van der Waals surface area contributed by atoms with Gasteiger partial charge in [0.2, 0.25) is 10.0 Å². The average Bonchev–Trinajstić information content (AvgIpc) is 3.17. The minimum Gasteiger partial charge on any atom is -0.456 e. The summed E-state index contributed by atoms with van der Waals surface area (Å²) < 4.78 is 32.0. The number of carbonyl (C=O) groups excluding carboxylic acids is 2. The first kappa shape index (κ1) is 20.5. The van der Waals surface area contributed by atoms with E-state index >= 15 is 0 Å². The number of sulfonamides is 1. The van der Waals surface area contributed by atoms with E-state index in [2.05, 4.69) is 0 Å². The van der Waals surface area contributed by atoms with E-state index in [0.29, 0.717) is 23.4 Å². The zero-order valence-corrected chi connectivity index (χ0v) is 16.9. The minimum absolute atomic E-state index is 0.0623. The Morgan fingerprint density at radius 1 is 1.11 bits per heavy atom. The SMILES string of the molecule is Cc1ccc(C(=O)COC(=O)[C@@H]2CCCN2S(=O)(=O)c2ccc(Cl)cc2)cc1. The van der Waals surface area contributed by atoms with Crippen molar-refractivity contribution in [3.63, 3.8) is 0 Å². The first-order valence-electron chi connectivity index (χ1n) is 8.83. The fraction of sp³-hybridized carbons (Fsp3) is 0.300. The van der Waals surface area contributed by atoms with E-state index < -0.39 is 28.6 Å². The van der Waals surface area contributed by atoms with Crippen LogP contribution in [0.15, 0.2) is 53.4 Å². The number of hydrogen-bond donors (Lipinski definition) is 0. The highest BCUT2D eigenvalue weighted by Crippen LogP contribution is 2.27. The molecule has 148 valence electrons. The molecule has 1 atom stereocenters. The van der Waals surface area contributed by atoms with Crippen LogP contribution < -0.4 is 0 Å². The number of nitrogens with zero attached hydrogens (tertiary/aromatic N) is 1. The Morgan fingerprint density at radius 3 is 2.39 bits per heavy atom. The summed E-state index contributed by atoms with van der Waals surface area (Å²) in [4.78, 5) is 24.7. The van der Waals surface area contributed by atoms with Crippen molar-refractivity contribution in [2.45, 2.75) is 30.7 Å². The molecule has 8 heteroatoms. The van der Waals surface area contributed by atoms with Gasteiger partial charge in [0.1, 0.15) is 6.04 Å². The highest BCUT2D eigenvalue weighted by Gasteiger charge is 2.40. The smallest absolute Gasteiger partial charge is 0.324 e. The zero-order chi connectivity index (χ0) is 20.3. The molecule has 1 aliphatic rings. The molecular weight excluding hydrogens is 402 g/mol. The van der Waals surface area contributed by atoms with Gasteiger partial charge in [0.25, 0.3) is 0 Å². The lowest BCUT2D eigenvalue weighted by molar-refractivity contribution is -0.146. The van der Waals surface area contributed by atoms with E-state index in [4.69, 9.17) is 16.3 Å². The summed E-state index contributed by atoms with van der Waals surface area (Å²) in [6.45, 7) is 1.70. The third-order valence-corrected chi connectivity index (χ3v) is 6.79. The van der Waals surface area contributed by atoms with Gasteiger partial charge < -0.3 is 4.74 Å². The molecule has 2 aromatic carbocycles. The monoisotopic (exact) mass is 421 g/mol. The highest BCUT2D eigenvalue weighted by molar-refractivity contribution is 7.89. The Hall–Kier alpha value is -2.22. The van der Waals surface area contributed by atoms with Crippen molar-refractivity contribution in [2.75, 3.05) is 13.2 Å². The van der Waals surface area contributed by atoms with Crippen molar-refractivity contribution < 1.29 is 22.7 Å². The van der Waals surface area contributed by atoms with Crippen molar-refractivity contribution in [1.82, 2.24) is 4.31 Å². The van der Waals surface area contributed by atoms with E-state index in [1.807, 2.05) is 6.92 Å². The molecule has 0 N–H and O–H groups in total. The van der Waals surface area contributed by atoms with E-state index in [1.54, 1.807) is 24.3 Å². The maximum Gasteiger partial charge on any atom is 0.324 e. The number of hydrogen-bond acceptors (Lipinski definition) is 5. The molecule has 1 aliphatic heterocycles. The highest BCUT2D eigenvalue weighted by atomic mass is 35.5. The first-order valence-corrected chi connectivity index (χ1v) is 10.6. The van der Waals surface area contributed by atoms with Crippen molar-refractivity contribution in [3.8, 4) is 0 Å². The molecule has 1 heterocycles. The standard InChI is InChI=1S/C20H20ClNO5S/c1-14-4-6-15(7-5-14)19(23)13-27-20(24)18-3-2-12-22(18)28(25,26)17-10-8-16(21)9-11-17/h4-11,18H,2-3,12-13H2,1H3/t18-/m0/s1. The molecule has 0 amide bonds. The van der Waals surface area contributed by atoms with Gasteiger partial charge in [-0.1, -0.05) is 41.4 Å². The van der Waals surface area contributed by atoms with Gasteiger partial charge in [-0.25, -0.2) is 8.42 Å². The quantitative estimate of drug-likeness (QED) is 0.528. The van der Waals surface area contributed by atoms with Crippen LogP contribution >= 0.6 is 11.6 Å². The van der Waals surface area contributed by atoms with Gasteiger partial charge >= 0.3 is 5.97 Å². The van der Waals surface area contributed by atoms with Crippen LogP contribution in [0, 0.1) is 6.92 Å². The molecule has 1 fully saturated rings. The predicted molar refractivity (Wildman–Crippen MR) is 105 cm³/mol. The molecule has 0 aliphatic carbocycles. The van der Waals surface area contributed by atoms with Crippen LogP contribution in [-0.4, -0.2) is 43.7 Å². The number of halogens is 1. The number of rotatable bonds is 6. The number of esters is 1. The molecular formula is C20H20ClNO5S. The average molecular weight is 422 g/mol. The summed E-state index contributed by atoms with van der Waals surface area (Å²) in [5.41, 5.74) is 1.46. The van der Waals surface area contributed by atoms with Crippen molar-refractivity contribution in [2.24, 2.45) is 0 Å². The van der Waals surface area contributed by atoms with Crippen LogP contribution in [0.25, 0.3) is 0 Å². The predicted octanol–water partition coefficient (Wildman–Crippen LogP) is 3.23. The number of Topliss-reactive ketones (excluding diaryl/α,β-unsaturated/α-hetero) is 1. The Bertz CT molecular complexity index is 971. The molecule has 0 aromatic heterocycles. The lowest BCUT2D eigenvalue weighted by atomic mass is 10.1. The lowest BCUT2D eigenvalue weighted by Crippen LogP contribution is -2.41. The lowest BCUT2D eigenvalue weighted by Gasteiger charge is -2.22. The normalized spacial score (nSPS) is 17.4. The Balaban J connectivity index is 1.68. The summed E-state index contributed by atoms with van der Waals surface area (Å²) in [5.74, 6) is -1.05. The third-order valence-electron chi connectivity index (χ3n) is 4.62. The summed E-state index contributed by atoms with van der Waals surface area (Å²) in [5, 5.41) is 0.422. The van der Waals surface area contributed by atoms with E-state index in [9.17, 15) is 18.0 Å². The minimum atomic E-state index is -3.86. The van der Waals surface area contributed by atoms with E-state index in [-0.39, 0.29) is 17.2 Å². The first-order chi connectivity index (χ1) is 13.3. The molecule has 0 saturated carbocycles. The van der Waals surface area contributed by atoms with Crippen LogP contribution in [0.4, 0.5) is 0 Å². The second kappa shape index (κ2) is 8.43. The number of ether oxygens (including phenoxy) is 1. The van der Waals surface area contributed by atoms with Crippen LogP contribution in [0.5, 0.6) is 0 Å². The van der Waals surface area contributed by atoms with Gasteiger partial charge in [0, 0.05) is 17.1 Å². The Kier molecular flexibility index (Phi) is 6.17. The Labute approximate surface area is 169 Å².